The zero-order chi connectivity index (χ0) is 13.7. The third-order valence-corrected chi connectivity index (χ3v) is 1.82. The third kappa shape index (κ3) is 14.9. The second-order valence-corrected chi connectivity index (χ2v) is 3.50. The van der Waals surface area contributed by atoms with Crippen LogP contribution < -0.4 is 5.32 Å². The molecule has 0 spiro atoms. The van der Waals surface area contributed by atoms with E-state index in [9.17, 15) is 9.59 Å². The highest BCUT2D eigenvalue weighted by atomic mass is 16.4. The van der Waals surface area contributed by atoms with Crippen LogP contribution in [0.3, 0.4) is 0 Å². The van der Waals surface area contributed by atoms with Gasteiger partial charge in [0, 0.05) is 13.0 Å². The minimum atomic E-state index is -0.896. The molecule has 17 heavy (non-hydrogen) atoms. The standard InChI is InChI=1S/C7H15NO3.C4H8O2/c1-2-4-8-6(3-5-9)7(10)11;1-2-3-4(5)6/h6,8-9H,2-5H2,1H3,(H,10,11);2-3H2,1H3,(H,5,6)/t6-;/m0./s1. The zero-order valence-electron chi connectivity index (χ0n) is 10.5. The normalized spacial score (nSPS) is 11.2. The lowest BCUT2D eigenvalue weighted by molar-refractivity contribution is -0.140. The van der Waals surface area contributed by atoms with E-state index in [1.54, 1.807) is 0 Å². The Bertz CT molecular complexity index is 208. The number of carbonyl (C=O) groups is 2. The van der Waals surface area contributed by atoms with Crippen molar-refractivity contribution in [2.45, 2.75) is 45.6 Å². The van der Waals surface area contributed by atoms with E-state index in [0.717, 1.165) is 12.8 Å². The van der Waals surface area contributed by atoms with Crippen LogP contribution in [0.4, 0.5) is 0 Å². The molecule has 0 saturated heterocycles. The molecular weight excluding hydrogens is 226 g/mol. The van der Waals surface area contributed by atoms with Gasteiger partial charge in [0.1, 0.15) is 6.04 Å². The van der Waals surface area contributed by atoms with Gasteiger partial charge in [0.05, 0.1) is 0 Å². The van der Waals surface area contributed by atoms with Crippen LogP contribution in [-0.2, 0) is 9.59 Å². The molecule has 0 heterocycles. The predicted molar refractivity (Wildman–Crippen MR) is 64.0 cm³/mol. The Balaban J connectivity index is 0. The van der Waals surface area contributed by atoms with Crippen LogP contribution in [-0.4, -0.2) is 46.5 Å². The summed E-state index contributed by atoms with van der Waals surface area (Å²) in [4.78, 5) is 20.0. The molecule has 0 amide bonds. The number of hydrogen-bond donors (Lipinski definition) is 4. The number of carboxylic acids is 2. The van der Waals surface area contributed by atoms with Gasteiger partial charge >= 0.3 is 11.9 Å². The van der Waals surface area contributed by atoms with E-state index in [2.05, 4.69) is 5.32 Å². The lowest BCUT2D eigenvalue weighted by Crippen LogP contribution is -2.37. The minimum Gasteiger partial charge on any atom is -0.481 e. The van der Waals surface area contributed by atoms with Crippen LogP contribution in [0.25, 0.3) is 0 Å². The quantitative estimate of drug-likeness (QED) is 0.504. The SMILES string of the molecule is CCCC(=O)O.CCCN[C@@H](CCO)C(=O)O. The summed E-state index contributed by atoms with van der Waals surface area (Å²) in [5.41, 5.74) is 0. The highest BCUT2D eigenvalue weighted by Crippen LogP contribution is 1.90. The van der Waals surface area contributed by atoms with Crippen LogP contribution in [0, 0.1) is 0 Å². The molecule has 0 radical (unpaired) electrons. The first-order valence-electron chi connectivity index (χ1n) is 5.78. The number of hydrogen-bond acceptors (Lipinski definition) is 4. The zero-order valence-corrected chi connectivity index (χ0v) is 10.5. The average molecular weight is 249 g/mol. The maximum absolute atomic E-state index is 10.4. The minimum absolute atomic E-state index is 0.0896. The van der Waals surface area contributed by atoms with Crippen molar-refractivity contribution in [3.63, 3.8) is 0 Å². The lowest BCUT2D eigenvalue weighted by Gasteiger charge is -2.11. The molecule has 0 aromatic carbocycles. The van der Waals surface area contributed by atoms with E-state index in [1.807, 2.05) is 13.8 Å². The molecule has 0 rings (SSSR count). The molecule has 6 nitrogen and oxygen atoms in total. The van der Waals surface area contributed by atoms with Crippen LogP contribution in [0.1, 0.15) is 39.5 Å². The molecule has 6 heteroatoms. The molecule has 0 aliphatic carbocycles. The number of nitrogens with one attached hydrogen (secondary N) is 1. The van der Waals surface area contributed by atoms with E-state index in [4.69, 9.17) is 15.3 Å². The van der Waals surface area contributed by atoms with Crippen LogP contribution in [0.2, 0.25) is 0 Å². The fourth-order valence-corrected chi connectivity index (χ4v) is 0.974. The van der Waals surface area contributed by atoms with Gasteiger partial charge in [-0.15, -0.1) is 0 Å². The monoisotopic (exact) mass is 249 g/mol. The molecule has 0 aliphatic heterocycles. The van der Waals surface area contributed by atoms with Crippen molar-refractivity contribution in [2.24, 2.45) is 0 Å². The molecule has 0 unspecified atom stereocenters. The van der Waals surface area contributed by atoms with Crippen molar-refractivity contribution in [3.05, 3.63) is 0 Å². The summed E-state index contributed by atoms with van der Waals surface area (Å²) in [5.74, 6) is -1.61. The summed E-state index contributed by atoms with van der Waals surface area (Å²) >= 11 is 0. The van der Waals surface area contributed by atoms with Gasteiger partial charge in [0.15, 0.2) is 0 Å². The van der Waals surface area contributed by atoms with Crippen LogP contribution >= 0.6 is 0 Å². The van der Waals surface area contributed by atoms with Crippen LogP contribution in [0.5, 0.6) is 0 Å². The number of aliphatic hydroxyl groups is 1. The highest BCUT2D eigenvalue weighted by Gasteiger charge is 2.14. The van der Waals surface area contributed by atoms with Gasteiger partial charge in [0.2, 0.25) is 0 Å². The Morgan fingerprint density at radius 1 is 1.18 bits per heavy atom. The summed E-state index contributed by atoms with van der Waals surface area (Å²) in [6, 6.07) is -0.597. The van der Waals surface area contributed by atoms with Gasteiger partial charge in [-0.05, 0) is 25.8 Å². The summed E-state index contributed by atoms with van der Waals surface area (Å²) in [6.45, 7) is 4.39. The number of rotatable bonds is 8. The highest BCUT2D eigenvalue weighted by molar-refractivity contribution is 5.73. The Labute approximate surface area is 102 Å². The largest absolute Gasteiger partial charge is 0.481 e. The summed E-state index contributed by atoms with van der Waals surface area (Å²) in [5, 5.41) is 27.8. The molecule has 4 N–H and O–H groups in total. The topological polar surface area (TPSA) is 107 Å². The van der Waals surface area contributed by atoms with E-state index >= 15 is 0 Å². The molecule has 0 aliphatic rings. The van der Waals surface area contributed by atoms with Crippen LogP contribution in [0.15, 0.2) is 0 Å². The molecule has 0 aromatic rings. The molecule has 0 fully saturated rings. The first-order chi connectivity index (χ1) is 7.99. The van der Waals surface area contributed by atoms with E-state index in [-0.39, 0.29) is 13.0 Å². The Morgan fingerprint density at radius 2 is 1.76 bits per heavy atom. The maximum atomic E-state index is 10.4. The number of aliphatic hydroxyl groups excluding tert-OH is 1. The van der Waals surface area contributed by atoms with Crippen molar-refractivity contribution >= 4 is 11.9 Å². The van der Waals surface area contributed by atoms with Crippen molar-refractivity contribution in [3.8, 4) is 0 Å². The predicted octanol–water partition coefficient (Wildman–Crippen LogP) is 0.693. The summed E-state index contributed by atoms with van der Waals surface area (Å²) in [7, 11) is 0. The van der Waals surface area contributed by atoms with Crippen molar-refractivity contribution in [1.82, 2.24) is 5.32 Å². The van der Waals surface area contributed by atoms with Crippen molar-refractivity contribution in [2.75, 3.05) is 13.2 Å². The smallest absolute Gasteiger partial charge is 0.320 e. The van der Waals surface area contributed by atoms with Gasteiger partial charge < -0.3 is 20.6 Å². The molecule has 0 bridgehead atoms. The summed E-state index contributed by atoms with van der Waals surface area (Å²) in [6.07, 6.45) is 2.19. The first-order valence-corrected chi connectivity index (χ1v) is 5.78. The third-order valence-electron chi connectivity index (χ3n) is 1.82. The van der Waals surface area contributed by atoms with Crippen molar-refractivity contribution in [1.29, 1.82) is 0 Å². The van der Waals surface area contributed by atoms with Crippen molar-refractivity contribution < 1.29 is 24.9 Å². The molecule has 0 saturated carbocycles. The summed E-state index contributed by atoms with van der Waals surface area (Å²) < 4.78 is 0. The van der Waals surface area contributed by atoms with E-state index in [0.29, 0.717) is 13.0 Å². The fraction of sp³-hybridized carbons (Fsp3) is 0.818. The first kappa shape index (κ1) is 18.2. The van der Waals surface area contributed by atoms with Gasteiger partial charge in [-0.2, -0.15) is 0 Å². The molecular formula is C11H23NO5. The fourth-order valence-electron chi connectivity index (χ4n) is 0.974. The Morgan fingerprint density at radius 3 is 2.00 bits per heavy atom. The second-order valence-electron chi connectivity index (χ2n) is 3.50. The molecule has 1 atom stereocenters. The molecule has 102 valence electrons. The average Bonchev–Trinajstić information content (AvgIpc) is 2.24. The maximum Gasteiger partial charge on any atom is 0.320 e. The molecule has 0 aromatic heterocycles. The van der Waals surface area contributed by atoms with Gasteiger partial charge in [-0.1, -0.05) is 13.8 Å². The second kappa shape index (κ2) is 12.9. The van der Waals surface area contributed by atoms with Gasteiger partial charge in [-0.3, -0.25) is 9.59 Å². The lowest BCUT2D eigenvalue weighted by atomic mass is 10.2. The number of carboxylic acid groups (broad SMARTS) is 2. The Hall–Kier alpha value is -1.14. The van der Waals surface area contributed by atoms with E-state index < -0.39 is 18.0 Å². The number of aliphatic carboxylic acids is 2. The van der Waals surface area contributed by atoms with Gasteiger partial charge in [-0.25, -0.2) is 0 Å². The van der Waals surface area contributed by atoms with Gasteiger partial charge in [0.25, 0.3) is 0 Å². The van der Waals surface area contributed by atoms with E-state index in [1.165, 1.54) is 0 Å². The Kier molecular flexibility index (Phi) is 13.9.